The number of carbonyl (C=O) groups is 2. The molecule has 1 amide bonds. The maximum atomic E-state index is 11.6. The molecule has 0 aromatic heterocycles. The second-order valence-electron chi connectivity index (χ2n) is 8.01. The summed E-state index contributed by atoms with van der Waals surface area (Å²) in [4.78, 5) is 22.4. The first-order chi connectivity index (χ1) is 13.6. The first kappa shape index (κ1) is 26.6. The molecule has 0 rings (SSSR count). The Labute approximate surface area is 174 Å². The number of carbonyl (C=O) groups excluding carboxylic acids is 2. The molecule has 2 N–H and O–H groups in total. The minimum Gasteiger partial charge on any atom is -0.366 e. The minimum absolute atomic E-state index is 0.0581. The van der Waals surface area contributed by atoms with E-state index in [0.29, 0.717) is 6.42 Å². The number of allylic oxidation sites excluding steroid dienone is 2. The number of primary amides is 1. The molecule has 0 spiro atoms. The van der Waals surface area contributed by atoms with E-state index in [-0.39, 0.29) is 11.4 Å². The van der Waals surface area contributed by atoms with Gasteiger partial charge in [-0.3, -0.25) is 9.59 Å². The Kier molecular flexibility index (Phi) is 19.4. The van der Waals surface area contributed by atoms with Crippen LogP contribution in [0.2, 0.25) is 0 Å². The number of Topliss-reactive ketones (excluding diaryl/α,β-unsaturated/α-hetero) is 1. The molecule has 0 aliphatic heterocycles. The van der Waals surface area contributed by atoms with E-state index in [1.807, 2.05) is 0 Å². The Morgan fingerprint density at radius 2 is 1.07 bits per heavy atom. The summed E-state index contributed by atoms with van der Waals surface area (Å²) in [6.07, 6.45) is 26.8. The molecule has 0 aromatic rings. The van der Waals surface area contributed by atoms with Gasteiger partial charge in [0.05, 0.1) is 5.57 Å². The van der Waals surface area contributed by atoms with Crippen molar-refractivity contribution in [3.05, 3.63) is 24.3 Å². The molecule has 0 fully saturated rings. The first-order valence-corrected chi connectivity index (χ1v) is 11.8. The molecule has 0 atom stereocenters. The van der Waals surface area contributed by atoms with Crippen LogP contribution in [-0.4, -0.2) is 11.7 Å². The third kappa shape index (κ3) is 18.0. The summed E-state index contributed by atoms with van der Waals surface area (Å²) >= 11 is 0. The summed E-state index contributed by atoms with van der Waals surface area (Å²) in [5.41, 5.74) is 4.99. The molecule has 0 saturated heterocycles. The Bertz CT molecular complexity index is 440. The quantitative estimate of drug-likeness (QED) is 0.0739. The summed E-state index contributed by atoms with van der Waals surface area (Å²) in [7, 11) is 0. The van der Waals surface area contributed by atoms with Crippen molar-refractivity contribution >= 4 is 11.7 Å². The lowest BCUT2D eigenvalue weighted by atomic mass is 10.0. The zero-order valence-electron chi connectivity index (χ0n) is 18.5. The van der Waals surface area contributed by atoms with Crippen LogP contribution in [0.3, 0.4) is 0 Å². The maximum Gasteiger partial charge on any atom is 0.251 e. The molecule has 0 aromatic carbocycles. The van der Waals surface area contributed by atoms with Gasteiger partial charge in [-0.25, -0.2) is 0 Å². The fourth-order valence-corrected chi connectivity index (χ4v) is 3.35. The normalized spacial score (nSPS) is 11.2. The van der Waals surface area contributed by atoms with Gasteiger partial charge < -0.3 is 5.73 Å². The zero-order valence-corrected chi connectivity index (χ0v) is 18.5. The molecule has 0 aliphatic carbocycles. The van der Waals surface area contributed by atoms with Gasteiger partial charge in [-0.15, -0.1) is 0 Å². The smallest absolute Gasteiger partial charge is 0.251 e. The predicted molar refractivity (Wildman–Crippen MR) is 121 cm³/mol. The van der Waals surface area contributed by atoms with Crippen molar-refractivity contribution in [1.82, 2.24) is 0 Å². The summed E-state index contributed by atoms with van der Waals surface area (Å²) in [5.74, 6) is -0.896. The lowest BCUT2D eigenvalue weighted by Gasteiger charge is -2.03. The van der Waals surface area contributed by atoms with Gasteiger partial charge in [-0.05, 0) is 32.1 Å². The average molecular weight is 392 g/mol. The summed E-state index contributed by atoms with van der Waals surface area (Å²) in [5, 5.41) is 0. The largest absolute Gasteiger partial charge is 0.366 e. The molecule has 0 unspecified atom stereocenters. The van der Waals surface area contributed by atoms with E-state index in [0.717, 1.165) is 19.3 Å². The van der Waals surface area contributed by atoms with Crippen molar-refractivity contribution in [2.24, 2.45) is 5.73 Å². The van der Waals surface area contributed by atoms with Crippen LogP contribution in [0.25, 0.3) is 0 Å². The van der Waals surface area contributed by atoms with Gasteiger partial charge in [0, 0.05) is 6.42 Å². The lowest BCUT2D eigenvalue weighted by Crippen LogP contribution is -2.19. The molecule has 162 valence electrons. The standard InChI is InChI=1S/C25H45NO2/c1-3-4-5-6-7-8-9-10-11-12-13-14-15-16-17-18-19-20-21-22-24(27)23(2)25(26)28/h10-11H,2-9,12-22H2,1H3,(H2,26,28)/b11-10-. The van der Waals surface area contributed by atoms with Crippen molar-refractivity contribution in [1.29, 1.82) is 0 Å². The maximum absolute atomic E-state index is 11.6. The SMILES string of the molecule is C=C(C(N)=O)C(=O)CCCCCCCCCCC/C=C\CCCCCCCC. The summed E-state index contributed by atoms with van der Waals surface area (Å²) in [6.45, 7) is 5.69. The van der Waals surface area contributed by atoms with E-state index < -0.39 is 5.91 Å². The van der Waals surface area contributed by atoms with Crippen LogP contribution in [0, 0.1) is 0 Å². The average Bonchev–Trinajstić information content (AvgIpc) is 2.68. The highest BCUT2D eigenvalue weighted by atomic mass is 16.2. The van der Waals surface area contributed by atoms with Gasteiger partial charge in [0.1, 0.15) is 0 Å². The Morgan fingerprint density at radius 1 is 0.679 bits per heavy atom. The Balaban J connectivity index is 3.23. The van der Waals surface area contributed by atoms with Crippen LogP contribution in [0.4, 0.5) is 0 Å². The van der Waals surface area contributed by atoms with Crippen molar-refractivity contribution in [3.63, 3.8) is 0 Å². The molecule has 0 radical (unpaired) electrons. The Morgan fingerprint density at radius 3 is 1.50 bits per heavy atom. The molecule has 0 saturated carbocycles. The molecular formula is C25H45NO2. The van der Waals surface area contributed by atoms with Crippen LogP contribution in [0.1, 0.15) is 122 Å². The fourth-order valence-electron chi connectivity index (χ4n) is 3.35. The predicted octanol–water partition coefficient (Wildman–Crippen LogP) is 7.19. The van der Waals surface area contributed by atoms with E-state index in [1.54, 1.807) is 0 Å². The second-order valence-corrected chi connectivity index (χ2v) is 8.01. The van der Waals surface area contributed by atoms with Crippen LogP contribution < -0.4 is 5.73 Å². The topological polar surface area (TPSA) is 60.2 Å². The molecule has 3 nitrogen and oxygen atoms in total. The molecule has 0 bridgehead atoms. The minimum atomic E-state index is -0.696. The van der Waals surface area contributed by atoms with Crippen molar-refractivity contribution < 1.29 is 9.59 Å². The van der Waals surface area contributed by atoms with E-state index in [9.17, 15) is 9.59 Å². The van der Waals surface area contributed by atoms with Gasteiger partial charge in [-0.2, -0.15) is 0 Å². The van der Waals surface area contributed by atoms with E-state index in [2.05, 4.69) is 25.7 Å². The van der Waals surface area contributed by atoms with E-state index in [1.165, 1.54) is 89.9 Å². The number of amides is 1. The lowest BCUT2D eigenvalue weighted by molar-refractivity contribution is -0.120. The molecular weight excluding hydrogens is 346 g/mol. The van der Waals surface area contributed by atoms with Crippen molar-refractivity contribution in [3.8, 4) is 0 Å². The van der Waals surface area contributed by atoms with Crippen LogP contribution in [-0.2, 0) is 9.59 Å². The molecule has 3 heteroatoms. The molecule has 0 aliphatic rings. The molecule has 28 heavy (non-hydrogen) atoms. The van der Waals surface area contributed by atoms with Crippen LogP contribution in [0.5, 0.6) is 0 Å². The number of hydrogen-bond donors (Lipinski definition) is 1. The highest BCUT2D eigenvalue weighted by Gasteiger charge is 2.11. The van der Waals surface area contributed by atoms with Gasteiger partial charge >= 0.3 is 0 Å². The number of unbranched alkanes of at least 4 members (excludes halogenated alkanes) is 15. The van der Waals surface area contributed by atoms with Crippen LogP contribution in [0.15, 0.2) is 24.3 Å². The van der Waals surface area contributed by atoms with Crippen molar-refractivity contribution in [2.45, 2.75) is 122 Å². The third-order valence-electron chi connectivity index (χ3n) is 5.30. The first-order valence-electron chi connectivity index (χ1n) is 11.8. The van der Waals surface area contributed by atoms with Crippen molar-refractivity contribution in [2.75, 3.05) is 0 Å². The van der Waals surface area contributed by atoms with E-state index >= 15 is 0 Å². The second kappa shape index (κ2) is 20.4. The number of ketones is 1. The van der Waals surface area contributed by atoms with Gasteiger partial charge in [0.15, 0.2) is 5.78 Å². The van der Waals surface area contributed by atoms with Gasteiger partial charge in [0.2, 0.25) is 0 Å². The number of hydrogen-bond acceptors (Lipinski definition) is 2. The van der Waals surface area contributed by atoms with Gasteiger partial charge in [0.25, 0.3) is 5.91 Å². The number of nitrogens with two attached hydrogens (primary N) is 1. The summed E-state index contributed by atoms with van der Waals surface area (Å²) in [6, 6.07) is 0. The third-order valence-corrected chi connectivity index (χ3v) is 5.30. The highest BCUT2D eigenvalue weighted by molar-refractivity contribution is 6.18. The molecule has 0 heterocycles. The zero-order chi connectivity index (χ0) is 20.9. The Hall–Kier alpha value is -1.38. The number of rotatable bonds is 21. The van der Waals surface area contributed by atoms with Gasteiger partial charge in [-0.1, -0.05) is 103 Å². The fraction of sp³-hybridized carbons (Fsp3) is 0.760. The van der Waals surface area contributed by atoms with E-state index in [4.69, 9.17) is 5.73 Å². The monoisotopic (exact) mass is 391 g/mol. The summed E-state index contributed by atoms with van der Waals surface area (Å²) < 4.78 is 0. The highest BCUT2D eigenvalue weighted by Crippen LogP contribution is 2.13. The van der Waals surface area contributed by atoms with Crippen LogP contribution >= 0.6 is 0 Å².